The molecule has 6 heteroatoms. The van der Waals surface area contributed by atoms with E-state index in [0.717, 1.165) is 60.6 Å². The van der Waals surface area contributed by atoms with Crippen molar-refractivity contribution in [3.8, 4) is 11.1 Å². The Balaban J connectivity index is 1.76. The zero-order valence-electron chi connectivity index (χ0n) is 13.5. The zero-order valence-corrected chi connectivity index (χ0v) is 13.5. The minimum Gasteiger partial charge on any atom is -0.399 e. The molecule has 1 saturated heterocycles. The Morgan fingerprint density at radius 1 is 1.04 bits per heavy atom. The van der Waals surface area contributed by atoms with Crippen molar-refractivity contribution in [3.63, 3.8) is 0 Å². The van der Waals surface area contributed by atoms with Crippen LogP contribution in [-0.4, -0.2) is 41.4 Å². The molecule has 0 unspecified atom stereocenters. The maximum absolute atomic E-state index is 6.15. The number of morpholine rings is 1. The monoisotopic (exact) mass is 323 g/mol. The lowest BCUT2D eigenvalue weighted by atomic mass is 9.98. The summed E-state index contributed by atoms with van der Waals surface area (Å²) in [6.07, 6.45) is 0. The molecule has 0 amide bonds. The smallest absolute Gasteiger partial charge is 0.153 e. The first-order valence-electron chi connectivity index (χ1n) is 8.14. The molecule has 0 aliphatic carbocycles. The number of hydrogen-bond acceptors (Lipinski definition) is 5. The molecule has 1 aliphatic rings. The largest absolute Gasteiger partial charge is 0.399 e. The first-order valence-corrected chi connectivity index (χ1v) is 8.14. The fourth-order valence-electron chi connectivity index (χ4n) is 3.25. The second kappa shape index (κ2) is 6.14. The van der Waals surface area contributed by atoms with Crippen molar-refractivity contribution in [1.82, 2.24) is 15.1 Å². The molecule has 5 N–H and O–H groups in total. The number of H-pyrrole nitrogens is 1. The van der Waals surface area contributed by atoms with Crippen molar-refractivity contribution in [2.75, 3.05) is 37.8 Å². The van der Waals surface area contributed by atoms with E-state index >= 15 is 0 Å². The number of hydrogen-bond donors (Lipinski definition) is 3. The fraction of sp³-hybridized carbons (Fsp3) is 0.278. The van der Waals surface area contributed by atoms with Crippen molar-refractivity contribution >= 4 is 22.4 Å². The Labute approximate surface area is 140 Å². The van der Waals surface area contributed by atoms with E-state index in [1.54, 1.807) is 0 Å². The van der Waals surface area contributed by atoms with Crippen LogP contribution in [-0.2, 0) is 11.3 Å². The number of nitrogens with zero attached hydrogens (tertiary/aromatic N) is 2. The lowest BCUT2D eigenvalue weighted by molar-refractivity contribution is 0.0343. The van der Waals surface area contributed by atoms with E-state index in [2.05, 4.69) is 27.2 Å². The molecule has 2 aromatic carbocycles. The summed E-state index contributed by atoms with van der Waals surface area (Å²) >= 11 is 0. The average molecular weight is 323 g/mol. The van der Waals surface area contributed by atoms with Gasteiger partial charge in [-0.3, -0.25) is 10.00 Å². The van der Waals surface area contributed by atoms with Gasteiger partial charge >= 0.3 is 0 Å². The van der Waals surface area contributed by atoms with Crippen molar-refractivity contribution < 1.29 is 4.74 Å². The van der Waals surface area contributed by atoms with Crippen LogP contribution in [0.25, 0.3) is 22.0 Å². The Morgan fingerprint density at radius 2 is 1.79 bits per heavy atom. The molecule has 0 radical (unpaired) electrons. The molecule has 1 aliphatic heterocycles. The van der Waals surface area contributed by atoms with Crippen LogP contribution >= 0.6 is 0 Å². The second-order valence-electron chi connectivity index (χ2n) is 6.14. The van der Waals surface area contributed by atoms with Gasteiger partial charge in [-0.25, -0.2) is 0 Å². The number of ether oxygens (including phenoxy) is 1. The maximum atomic E-state index is 6.15. The van der Waals surface area contributed by atoms with Crippen molar-refractivity contribution in [1.29, 1.82) is 0 Å². The molecule has 0 atom stereocenters. The summed E-state index contributed by atoms with van der Waals surface area (Å²) < 4.78 is 5.42. The van der Waals surface area contributed by atoms with Gasteiger partial charge in [-0.2, -0.15) is 5.10 Å². The Hall–Kier alpha value is -2.57. The summed E-state index contributed by atoms with van der Waals surface area (Å²) in [5.74, 6) is 0.528. The minimum atomic E-state index is 0.528. The number of aromatic nitrogens is 2. The van der Waals surface area contributed by atoms with Gasteiger partial charge in [0.25, 0.3) is 0 Å². The third-order valence-electron chi connectivity index (χ3n) is 4.56. The highest BCUT2D eigenvalue weighted by Crippen LogP contribution is 2.34. The molecule has 24 heavy (non-hydrogen) atoms. The summed E-state index contributed by atoms with van der Waals surface area (Å²) in [6.45, 7) is 4.34. The van der Waals surface area contributed by atoms with Crippen LogP contribution in [0.1, 0.15) is 5.56 Å². The van der Waals surface area contributed by atoms with E-state index in [1.165, 1.54) is 5.56 Å². The van der Waals surface area contributed by atoms with Crippen LogP contribution in [0.15, 0.2) is 36.4 Å². The molecule has 3 aromatic rings. The highest BCUT2D eigenvalue weighted by Gasteiger charge is 2.17. The third-order valence-corrected chi connectivity index (χ3v) is 4.56. The molecular weight excluding hydrogens is 302 g/mol. The molecule has 0 bridgehead atoms. The number of fused-ring (bicyclic) bond motifs is 1. The lowest BCUT2D eigenvalue weighted by Crippen LogP contribution is -2.35. The van der Waals surface area contributed by atoms with Crippen LogP contribution in [0, 0.1) is 0 Å². The van der Waals surface area contributed by atoms with Gasteiger partial charge in [0.2, 0.25) is 0 Å². The molecule has 0 spiro atoms. The standard InChI is InChI=1S/C18H21N5O/c19-14-4-1-12(2-5-14)15-6-3-13(11-23-7-9-24-10-8-23)17-16(15)18(20)22-21-17/h1-6H,7-11,19H2,(H3,20,21,22). The normalized spacial score (nSPS) is 15.8. The molecule has 4 rings (SSSR count). The van der Waals surface area contributed by atoms with Gasteiger partial charge in [0, 0.05) is 25.3 Å². The van der Waals surface area contributed by atoms with Crippen LogP contribution in [0.4, 0.5) is 11.5 Å². The Morgan fingerprint density at radius 3 is 2.54 bits per heavy atom. The van der Waals surface area contributed by atoms with E-state index in [-0.39, 0.29) is 0 Å². The van der Waals surface area contributed by atoms with Crippen molar-refractivity contribution in [2.45, 2.75) is 6.54 Å². The summed E-state index contributed by atoms with van der Waals surface area (Å²) in [6, 6.07) is 12.1. The van der Waals surface area contributed by atoms with E-state index in [4.69, 9.17) is 16.2 Å². The first-order chi connectivity index (χ1) is 11.7. The number of benzene rings is 2. The molecule has 1 aromatic heterocycles. The number of nitrogen functional groups attached to an aromatic ring is 2. The average Bonchev–Trinajstić information content (AvgIpc) is 3.00. The summed E-state index contributed by atoms with van der Waals surface area (Å²) in [5, 5.41) is 8.33. The highest BCUT2D eigenvalue weighted by molar-refractivity contribution is 6.03. The highest BCUT2D eigenvalue weighted by atomic mass is 16.5. The summed E-state index contributed by atoms with van der Waals surface area (Å²) in [4.78, 5) is 2.39. The number of nitrogens with two attached hydrogens (primary N) is 2. The van der Waals surface area contributed by atoms with Crippen molar-refractivity contribution in [2.24, 2.45) is 0 Å². The third kappa shape index (κ3) is 2.70. The number of nitrogens with one attached hydrogen (secondary N) is 1. The quantitative estimate of drug-likeness (QED) is 0.643. The van der Waals surface area contributed by atoms with Gasteiger partial charge in [0.15, 0.2) is 5.82 Å². The SMILES string of the molecule is Nc1ccc(-c2ccc(CN3CCOCC3)c3[nH]nc(N)c23)cc1. The van der Waals surface area contributed by atoms with Crippen LogP contribution in [0.5, 0.6) is 0 Å². The molecule has 1 fully saturated rings. The Kier molecular flexibility index (Phi) is 3.84. The van der Waals surface area contributed by atoms with E-state index in [0.29, 0.717) is 5.82 Å². The van der Waals surface area contributed by atoms with Crippen LogP contribution in [0.2, 0.25) is 0 Å². The topological polar surface area (TPSA) is 93.2 Å². The number of aromatic amines is 1. The molecular formula is C18H21N5O. The van der Waals surface area contributed by atoms with Gasteiger partial charge in [0.05, 0.1) is 24.1 Å². The Bertz CT molecular complexity index is 850. The molecule has 124 valence electrons. The predicted molar refractivity (Wildman–Crippen MR) is 96.5 cm³/mol. The summed E-state index contributed by atoms with van der Waals surface area (Å²) in [5.41, 5.74) is 17.1. The van der Waals surface area contributed by atoms with Crippen LogP contribution < -0.4 is 11.5 Å². The molecule has 6 nitrogen and oxygen atoms in total. The number of anilines is 2. The molecule has 2 heterocycles. The zero-order chi connectivity index (χ0) is 16.5. The van der Waals surface area contributed by atoms with Gasteiger partial charge < -0.3 is 16.2 Å². The molecule has 0 saturated carbocycles. The maximum Gasteiger partial charge on any atom is 0.153 e. The van der Waals surface area contributed by atoms with Gasteiger partial charge in [-0.1, -0.05) is 24.3 Å². The number of rotatable bonds is 3. The second-order valence-corrected chi connectivity index (χ2v) is 6.14. The fourth-order valence-corrected chi connectivity index (χ4v) is 3.25. The van der Waals surface area contributed by atoms with E-state index < -0.39 is 0 Å². The lowest BCUT2D eigenvalue weighted by Gasteiger charge is -2.26. The van der Waals surface area contributed by atoms with Gasteiger partial charge in [-0.05, 0) is 28.8 Å². The van der Waals surface area contributed by atoms with E-state index in [1.807, 2.05) is 24.3 Å². The van der Waals surface area contributed by atoms with Crippen LogP contribution in [0.3, 0.4) is 0 Å². The summed E-state index contributed by atoms with van der Waals surface area (Å²) in [7, 11) is 0. The minimum absolute atomic E-state index is 0.528. The predicted octanol–water partition coefficient (Wildman–Crippen LogP) is 2.23. The van der Waals surface area contributed by atoms with Gasteiger partial charge in [0.1, 0.15) is 0 Å². The van der Waals surface area contributed by atoms with Gasteiger partial charge in [-0.15, -0.1) is 0 Å². The van der Waals surface area contributed by atoms with E-state index in [9.17, 15) is 0 Å². The first kappa shape index (κ1) is 15.0. The van der Waals surface area contributed by atoms with Crippen molar-refractivity contribution in [3.05, 3.63) is 42.0 Å².